The quantitative estimate of drug-likeness (QED) is 0.781. The van der Waals surface area contributed by atoms with Crippen LogP contribution in [-0.2, 0) is 4.79 Å². The fraction of sp³-hybridized carbons (Fsp3) is 0.929. The zero-order valence-electron chi connectivity index (χ0n) is 12.8. The summed E-state index contributed by atoms with van der Waals surface area (Å²) in [6.07, 6.45) is -1.93. The minimum absolute atomic E-state index is 0.0711. The molecule has 4 nitrogen and oxygen atoms in total. The molecule has 1 aliphatic rings. The van der Waals surface area contributed by atoms with Gasteiger partial charge in [0, 0.05) is 19.6 Å². The molecular formula is C14H26F3N3O. The summed E-state index contributed by atoms with van der Waals surface area (Å²) >= 11 is 0. The van der Waals surface area contributed by atoms with Gasteiger partial charge < -0.3 is 10.6 Å². The van der Waals surface area contributed by atoms with Crippen LogP contribution < -0.4 is 5.73 Å². The van der Waals surface area contributed by atoms with Crippen molar-refractivity contribution >= 4 is 5.91 Å². The third-order valence-corrected chi connectivity index (χ3v) is 3.88. The van der Waals surface area contributed by atoms with Gasteiger partial charge in [-0.05, 0) is 25.3 Å². The van der Waals surface area contributed by atoms with Gasteiger partial charge in [0.25, 0.3) is 0 Å². The van der Waals surface area contributed by atoms with Crippen LogP contribution in [0.1, 0.15) is 33.1 Å². The van der Waals surface area contributed by atoms with E-state index in [0.717, 1.165) is 12.8 Å². The molecule has 1 aliphatic heterocycles. The summed E-state index contributed by atoms with van der Waals surface area (Å²) in [5, 5.41) is 0. The highest BCUT2D eigenvalue weighted by Crippen LogP contribution is 2.21. The summed E-state index contributed by atoms with van der Waals surface area (Å²) in [6.45, 7) is 4.66. The first-order chi connectivity index (χ1) is 9.76. The number of alkyl halides is 3. The standard InChI is InChI=1S/C14H26F3N3O/c1-3-5-12(18)13(21)20-7-6-11(9-20)8-19(4-2)10-14(15,16)17/h11-12H,3-10,18H2,1-2H3. The predicted octanol–water partition coefficient (Wildman–Crippen LogP) is 1.85. The summed E-state index contributed by atoms with van der Waals surface area (Å²) in [6, 6.07) is -0.480. The Kier molecular flexibility index (Phi) is 6.93. The maximum atomic E-state index is 12.4. The van der Waals surface area contributed by atoms with Gasteiger partial charge in [-0.2, -0.15) is 13.2 Å². The predicted molar refractivity (Wildman–Crippen MR) is 75.7 cm³/mol. The number of nitrogens with two attached hydrogens (primary N) is 1. The second kappa shape index (κ2) is 7.98. The number of halogens is 3. The SMILES string of the molecule is CCCC(N)C(=O)N1CCC(CN(CC)CC(F)(F)F)C1. The fourth-order valence-corrected chi connectivity index (χ4v) is 2.77. The van der Waals surface area contributed by atoms with E-state index in [-0.39, 0.29) is 11.8 Å². The molecule has 7 heteroatoms. The molecule has 1 rings (SSSR count). The van der Waals surface area contributed by atoms with Gasteiger partial charge in [0.05, 0.1) is 12.6 Å². The Hall–Kier alpha value is -0.820. The van der Waals surface area contributed by atoms with Crippen molar-refractivity contribution in [3.8, 4) is 0 Å². The Labute approximate surface area is 124 Å². The van der Waals surface area contributed by atoms with Gasteiger partial charge in [-0.25, -0.2) is 0 Å². The van der Waals surface area contributed by atoms with Gasteiger partial charge >= 0.3 is 6.18 Å². The molecule has 1 fully saturated rings. The van der Waals surface area contributed by atoms with Crippen molar-refractivity contribution in [1.29, 1.82) is 0 Å². The normalized spacial score (nSPS) is 21.1. The number of amides is 1. The Bertz CT molecular complexity index is 336. The smallest absolute Gasteiger partial charge is 0.341 e. The van der Waals surface area contributed by atoms with Crippen LogP contribution in [0.2, 0.25) is 0 Å². The van der Waals surface area contributed by atoms with Crippen LogP contribution in [-0.4, -0.2) is 60.6 Å². The van der Waals surface area contributed by atoms with Gasteiger partial charge in [0.2, 0.25) is 5.91 Å². The Morgan fingerprint density at radius 3 is 2.62 bits per heavy atom. The molecule has 0 saturated carbocycles. The van der Waals surface area contributed by atoms with E-state index in [1.807, 2.05) is 6.92 Å². The van der Waals surface area contributed by atoms with E-state index >= 15 is 0 Å². The number of likely N-dealkylation sites (tertiary alicyclic amines) is 1. The molecule has 0 aliphatic carbocycles. The second-order valence-electron chi connectivity index (χ2n) is 5.78. The maximum absolute atomic E-state index is 12.4. The van der Waals surface area contributed by atoms with E-state index in [1.165, 1.54) is 4.90 Å². The third kappa shape index (κ3) is 6.22. The zero-order valence-corrected chi connectivity index (χ0v) is 12.8. The number of carbonyl (C=O) groups excluding carboxylic acids is 1. The number of hydrogen-bond acceptors (Lipinski definition) is 3. The minimum atomic E-state index is -4.17. The average molecular weight is 309 g/mol. The molecule has 0 aromatic carbocycles. The molecular weight excluding hydrogens is 283 g/mol. The van der Waals surface area contributed by atoms with Crippen molar-refractivity contribution in [2.45, 2.75) is 45.3 Å². The molecule has 21 heavy (non-hydrogen) atoms. The molecule has 0 radical (unpaired) electrons. The van der Waals surface area contributed by atoms with Gasteiger partial charge in [-0.3, -0.25) is 9.69 Å². The molecule has 2 atom stereocenters. The van der Waals surface area contributed by atoms with E-state index in [0.29, 0.717) is 32.6 Å². The fourth-order valence-electron chi connectivity index (χ4n) is 2.77. The minimum Gasteiger partial charge on any atom is -0.341 e. The summed E-state index contributed by atoms with van der Waals surface area (Å²) < 4.78 is 37.3. The van der Waals surface area contributed by atoms with Crippen molar-refractivity contribution in [3.05, 3.63) is 0 Å². The van der Waals surface area contributed by atoms with Crippen molar-refractivity contribution in [2.24, 2.45) is 11.7 Å². The first-order valence-electron chi connectivity index (χ1n) is 7.60. The first-order valence-corrected chi connectivity index (χ1v) is 7.60. The van der Waals surface area contributed by atoms with Crippen LogP contribution in [0.3, 0.4) is 0 Å². The first kappa shape index (κ1) is 18.2. The molecule has 1 saturated heterocycles. The largest absolute Gasteiger partial charge is 0.401 e. The Morgan fingerprint density at radius 1 is 1.43 bits per heavy atom. The van der Waals surface area contributed by atoms with Crippen molar-refractivity contribution in [3.63, 3.8) is 0 Å². The number of hydrogen-bond donors (Lipinski definition) is 1. The van der Waals surface area contributed by atoms with Gasteiger partial charge in [0.15, 0.2) is 0 Å². The summed E-state index contributed by atoms with van der Waals surface area (Å²) in [5.41, 5.74) is 5.81. The highest BCUT2D eigenvalue weighted by molar-refractivity contribution is 5.81. The highest BCUT2D eigenvalue weighted by Gasteiger charge is 2.33. The average Bonchev–Trinajstić information content (AvgIpc) is 2.84. The molecule has 2 N–H and O–H groups in total. The lowest BCUT2D eigenvalue weighted by Gasteiger charge is -2.25. The number of rotatable bonds is 7. The zero-order chi connectivity index (χ0) is 16.0. The van der Waals surface area contributed by atoms with Crippen molar-refractivity contribution in [1.82, 2.24) is 9.80 Å². The van der Waals surface area contributed by atoms with E-state index in [4.69, 9.17) is 5.73 Å². The molecule has 124 valence electrons. The topological polar surface area (TPSA) is 49.6 Å². The van der Waals surface area contributed by atoms with Gasteiger partial charge in [0.1, 0.15) is 0 Å². The monoisotopic (exact) mass is 309 g/mol. The lowest BCUT2D eigenvalue weighted by atomic mass is 10.1. The number of carbonyl (C=O) groups is 1. The summed E-state index contributed by atoms with van der Waals surface area (Å²) in [5.74, 6) is 0.0308. The van der Waals surface area contributed by atoms with Crippen molar-refractivity contribution in [2.75, 3.05) is 32.7 Å². The van der Waals surface area contributed by atoms with Crippen LogP contribution in [0, 0.1) is 5.92 Å². The van der Waals surface area contributed by atoms with Crippen molar-refractivity contribution < 1.29 is 18.0 Å². The third-order valence-electron chi connectivity index (χ3n) is 3.88. The number of nitrogens with zero attached hydrogens (tertiary/aromatic N) is 2. The van der Waals surface area contributed by atoms with Gasteiger partial charge in [-0.15, -0.1) is 0 Å². The van der Waals surface area contributed by atoms with Crippen LogP contribution >= 0.6 is 0 Å². The van der Waals surface area contributed by atoms with E-state index in [9.17, 15) is 18.0 Å². The second-order valence-corrected chi connectivity index (χ2v) is 5.78. The van der Waals surface area contributed by atoms with Crippen LogP contribution in [0.25, 0.3) is 0 Å². The molecule has 0 aromatic heterocycles. The lowest BCUT2D eigenvalue weighted by molar-refractivity contribution is -0.146. The van der Waals surface area contributed by atoms with E-state index < -0.39 is 18.8 Å². The lowest BCUT2D eigenvalue weighted by Crippen LogP contribution is -2.43. The summed E-state index contributed by atoms with van der Waals surface area (Å²) in [4.78, 5) is 15.2. The molecule has 1 heterocycles. The molecule has 0 spiro atoms. The Balaban J connectivity index is 2.45. The van der Waals surface area contributed by atoms with Crippen LogP contribution in [0.15, 0.2) is 0 Å². The molecule has 0 bridgehead atoms. The van der Waals surface area contributed by atoms with Crippen LogP contribution in [0.5, 0.6) is 0 Å². The Morgan fingerprint density at radius 2 is 2.10 bits per heavy atom. The highest BCUT2D eigenvalue weighted by atomic mass is 19.4. The molecule has 0 aromatic rings. The van der Waals surface area contributed by atoms with E-state index in [1.54, 1.807) is 11.8 Å². The van der Waals surface area contributed by atoms with Gasteiger partial charge in [-0.1, -0.05) is 20.3 Å². The van der Waals surface area contributed by atoms with Crippen LogP contribution in [0.4, 0.5) is 13.2 Å². The van der Waals surface area contributed by atoms with E-state index in [2.05, 4.69) is 0 Å². The molecule has 2 unspecified atom stereocenters. The summed E-state index contributed by atoms with van der Waals surface area (Å²) in [7, 11) is 0. The maximum Gasteiger partial charge on any atom is 0.401 e. The molecule has 1 amide bonds.